The first-order valence-corrected chi connectivity index (χ1v) is 10.3. The minimum atomic E-state index is -0.285. The summed E-state index contributed by atoms with van der Waals surface area (Å²) in [6, 6.07) is 7.58. The van der Waals surface area contributed by atoms with Gasteiger partial charge in [0.25, 0.3) is 0 Å². The Morgan fingerprint density at radius 3 is 2.46 bits per heavy atom. The lowest BCUT2D eigenvalue weighted by Crippen LogP contribution is -2.70. The van der Waals surface area contributed by atoms with Gasteiger partial charge in [0.05, 0.1) is 18.7 Å². The number of aliphatic hydroxyl groups excluding tert-OH is 1. The van der Waals surface area contributed by atoms with Crippen LogP contribution in [-0.4, -0.2) is 53.7 Å². The summed E-state index contributed by atoms with van der Waals surface area (Å²) in [6.07, 6.45) is 6.78. The molecule has 2 aliphatic rings. The number of carbonyl (C=O) groups is 2. The molecule has 152 valence electrons. The van der Waals surface area contributed by atoms with E-state index in [2.05, 4.69) is 22.8 Å². The molecule has 0 spiro atoms. The molecule has 3 amide bonds. The lowest BCUT2D eigenvalue weighted by Gasteiger charge is -2.54. The van der Waals surface area contributed by atoms with Crippen LogP contribution in [-0.2, 0) is 4.79 Å². The van der Waals surface area contributed by atoms with E-state index in [4.69, 9.17) is 0 Å². The van der Waals surface area contributed by atoms with Gasteiger partial charge >= 0.3 is 6.03 Å². The van der Waals surface area contributed by atoms with Crippen molar-refractivity contribution in [3.63, 3.8) is 0 Å². The maximum absolute atomic E-state index is 12.7. The molecular formula is C22H31N3O3. The molecule has 1 saturated carbocycles. The van der Waals surface area contributed by atoms with Gasteiger partial charge in [0.2, 0.25) is 5.91 Å². The third-order valence-corrected chi connectivity index (χ3v) is 5.61. The number of hydrogen-bond donors (Lipinski definition) is 3. The monoisotopic (exact) mass is 385 g/mol. The summed E-state index contributed by atoms with van der Waals surface area (Å²) in [4.78, 5) is 26.5. The van der Waals surface area contributed by atoms with Crippen molar-refractivity contribution in [3.8, 4) is 0 Å². The topological polar surface area (TPSA) is 81.7 Å². The predicted molar refractivity (Wildman–Crippen MR) is 110 cm³/mol. The summed E-state index contributed by atoms with van der Waals surface area (Å²) in [5.74, 6) is 0.203. The van der Waals surface area contributed by atoms with E-state index < -0.39 is 0 Å². The van der Waals surface area contributed by atoms with Crippen molar-refractivity contribution in [3.05, 3.63) is 41.5 Å². The van der Waals surface area contributed by atoms with Gasteiger partial charge in [0, 0.05) is 24.9 Å². The van der Waals surface area contributed by atoms with Crippen LogP contribution in [0.15, 0.2) is 30.3 Å². The predicted octanol–water partition coefficient (Wildman–Crippen LogP) is 2.49. The number of hydrogen-bond acceptors (Lipinski definition) is 3. The molecule has 0 unspecified atom stereocenters. The van der Waals surface area contributed by atoms with Crippen molar-refractivity contribution in [2.75, 3.05) is 19.7 Å². The van der Waals surface area contributed by atoms with E-state index in [9.17, 15) is 14.7 Å². The van der Waals surface area contributed by atoms with E-state index in [1.807, 2.05) is 38.1 Å². The van der Waals surface area contributed by atoms with E-state index in [1.54, 1.807) is 4.90 Å². The quantitative estimate of drug-likeness (QED) is 0.643. The number of carbonyl (C=O) groups excluding carboxylic acids is 2. The Kier molecular flexibility index (Phi) is 6.73. The fourth-order valence-electron chi connectivity index (χ4n) is 3.96. The van der Waals surface area contributed by atoms with Gasteiger partial charge in [-0.15, -0.1) is 0 Å². The van der Waals surface area contributed by atoms with E-state index >= 15 is 0 Å². The fraction of sp³-hybridized carbons (Fsp3) is 0.545. The third-order valence-electron chi connectivity index (χ3n) is 5.61. The second-order valence-corrected chi connectivity index (χ2v) is 7.67. The van der Waals surface area contributed by atoms with Crippen LogP contribution < -0.4 is 10.6 Å². The molecular weight excluding hydrogens is 354 g/mol. The Morgan fingerprint density at radius 1 is 1.18 bits per heavy atom. The number of likely N-dealkylation sites (tertiary alicyclic amines) is 1. The summed E-state index contributed by atoms with van der Waals surface area (Å²) < 4.78 is 0. The van der Waals surface area contributed by atoms with Gasteiger partial charge in [-0.25, -0.2) is 4.79 Å². The zero-order valence-electron chi connectivity index (χ0n) is 16.7. The van der Waals surface area contributed by atoms with Crippen molar-refractivity contribution in [2.24, 2.45) is 5.92 Å². The standard InChI is InChI=1S/C22H31N3O3/c1-3-5-15-6-8-16(9-7-15)20-18(13-24-21(27)17-10-11-17)25(19(20)14-26)22(28)23-12-4-2/h3,5-9,17-20,26H,4,10-14H2,1-2H3,(H,23,28)(H,24,27)/b5-3+/t18-,19-,20+/m0/s1. The largest absolute Gasteiger partial charge is 0.394 e. The lowest BCUT2D eigenvalue weighted by atomic mass is 9.75. The smallest absolute Gasteiger partial charge is 0.318 e. The van der Waals surface area contributed by atoms with E-state index in [0.29, 0.717) is 13.1 Å². The molecule has 6 nitrogen and oxygen atoms in total. The number of nitrogens with zero attached hydrogens (tertiary/aromatic N) is 1. The summed E-state index contributed by atoms with van der Waals surface area (Å²) in [7, 11) is 0. The first-order chi connectivity index (χ1) is 13.6. The molecule has 1 aromatic rings. The van der Waals surface area contributed by atoms with Crippen LogP contribution in [0.25, 0.3) is 6.08 Å². The number of aliphatic hydroxyl groups is 1. The molecule has 6 heteroatoms. The summed E-state index contributed by atoms with van der Waals surface area (Å²) >= 11 is 0. The number of urea groups is 1. The van der Waals surface area contributed by atoms with Crippen molar-refractivity contribution < 1.29 is 14.7 Å². The third kappa shape index (κ3) is 4.38. The highest BCUT2D eigenvalue weighted by molar-refractivity contribution is 5.81. The molecule has 0 aromatic heterocycles. The molecule has 1 aromatic carbocycles. The Bertz CT molecular complexity index is 712. The Labute approximate surface area is 167 Å². The van der Waals surface area contributed by atoms with Crippen LogP contribution in [0.4, 0.5) is 4.79 Å². The van der Waals surface area contributed by atoms with Gasteiger partial charge in [0.15, 0.2) is 0 Å². The number of amides is 3. The van der Waals surface area contributed by atoms with Gasteiger partial charge in [0.1, 0.15) is 0 Å². The highest BCUT2D eigenvalue weighted by Gasteiger charge is 2.51. The van der Waals surface area contributed by atoms with Crippen LogP contribution >= 0.6 is 0 Å². The maximum atomic E-state index is 12.7. The molecule has 1 saturated heterocycles. The molecule has 3 N–H and O–H groups in total. The Morgan fingerprint density at radius 2 is 1.89 bits per heavy atom. The second kappa shape index (κ2) is 9.24. The lowest BCUT2D eigenvalue weighted by molar-refractivity contribution is -0.123. The molecule has 3 rings (SSSR count). The average molecular weight is 386 g/mol. The molecule has 1 aliphatic carbocycles. The first kappa shape index (κ1) is 20.4. The normalized spacial score (nSPS) is 24.1. The zero-order chi connectivity index (χ0) is 20.1. The van der Waals surface area contributed by atoms with E-state index in [-0.39, 0.29) is 42.5 Å². The average Bonchev–Trinajstić information content (AvgIpc) is 3.52. The molecule has 1 aliphatic heterocycles. The van der Waals surface area contributed by atoms with Crippen LogP contribution in [0, 0.1) is 5.92 Å². The van der Waals surface area contributed by atoms with Crippen LogP contribution in [0.1, 0.15) is 50.2 Å². The Hall–Kier alpha value is -2.34. The highest BCUT2D eigenvalue weighted by atomic mass is 16.3. The molecule has 2 fully saturated rings. The number of rotatable bonds is 8. The summed E-state index contributed by atoms with van der Waals surface area (Å²) in [5, 5.41) is 15.9. The van der Waals surface area contributed by atoms with Gasteiger partial charge < -0.3 is 20.6 Å². The van der Waals surface area contributed by atoms with Crippen molar-refractivity contribution in [1.29, 1.82) is 0 Å². The SMILES string of the molecule is C/C=C/c1ccc([C@H]2[C@H](CO)N(C(=O)NCCC)[C@H]2CNC(=O)C2CC2)cc1. The molecule has 0 radical (unpaired) electrons. The molecule has 28 heavy (non-hydrogen) atoms. The van der Waals surface area contributed by atoms with Crippen LogP contribution in [0.2, 0.25) is 0 Å². The van der Waals surface area contributed by atoms with Gasteiger partial charge in [-0.3, -0.25) is 4.79 Å². The Balaban J connectivity index is 1.77. The second-order valence-electron chi connectivity index (χ2n) is 7.67. The van der Waals surface area contributed by atoms with Crippen LogP contribution in [0.3, 0.4) is 0 Å². The summed E-state index contributed by atoms with van der Waals surface area (Å²) in [6.45, 7) is 4.88. The molecule has 3 atom stereocenters. The van der Waals surface area contributed by atoms with Gasteiger partial charge in [-0.05, 0) is 37.3 Å². The number of nitrogens with one attached hydrogen (secondary N) is 2. The number of benzene rings is 1. The minimum absolute atomic E-state index is 0.00321. The maximum Gasteiger partial charge on any atom is 0.318 e. The van der Waals surface area contributed by atoms with E-state index in [0.717, 1.165) is 30.4 Å². The fourth-order valence-corrected chi connectivity index (χ4v) is 3.96. The summed E-state index contributed by atoms with van der Waals surface area (Å²) in [5.41, 5.74) is 2.19. The van der Waals surface area contributed by atoms with Crippen molar-refractivity contribution in [1.82, 2.24) is 15.5 Å². The van der Waals surface area contributed by atoms with E-state index in [1.165, 1.54) is 0 Å². The zero-order valence-corrected chi connectivity index (χ0v) is 16.7. The minimum Gasteiger partial charge on any atom is -0.394 e. The molecule has 0 bridgehead atoms. The number of allylic oxidation sites excluding steroid dienone is 1. The van der Waals surface area contributed by atoms with Gasteiger partial charge in [-0.2, -0.15) is 0 Å². The highest BCUT2D eigenvalue weighted by Crippen LogP contribution is 2.40. The van der Waals surface area contributed by atoms with Gasteiger partial charge in [-0.1, -0.05) is 43.3 Å². The molecule has 1 heterocycles. The van der Waals surface area contributed by atoms with Crippen molar-refractivity contribution in [2.45, 2.75) is 51.1 Å². The van der Waals surface area contributed by atoms with Crippen LogP contribution in [0.5, 0.6) is 0 Å². The first-order valence-electron chi connectivity index (χ1n) is 10.3. The van der Waals surface area contributed by atoms with Crippen molar-refractivity contribution >= 4 is 18.0 Å².